The third-order valence-electron chi connectivity index (χ3n) is 3.02. The molecule has 3 nitrogen and oxygen atoms in total. The van der Waals surface area contributed by atoms with Crippen LogP contribution in [0.1, 0.15) is 25.8 Å². The molecule has 0 unspecified atom stereocenters. The zero-order valence-corrected chi connectivity index (χ0v) is 12.8. The highest BCUT2D eigenvalue weighted by Gasteiger charge is 2.16. The fraction of sp³-hybridized carbons (Fsp3) is 0.467. The van der Waals surface area contributed by atoms with Crippen molar-refractivity contribution in [2.45, 2.75) is 26.7 Å². The highest BCUT2D eigenvalue weighted by atomic mass is 32.1. The number of amides is 1. The van der Waals surface area contributed by atoms with Gasteiger partial charge in [0.25, 0.3) is 0 Å². The van der Waals surface area contributed by atoms with Crippen molar-refractivity contribution in [2.75, 3.05) is 13.1 Å². The zero-order valence-electron chi connectivity index (χ0n) is 11.9. The van der Waals surface area contributed by atoms with Gasteiger partial charge < -0.3 is 10.6 Å². The van der Waals surface area contributed by atoms with Crippen LogP contribution < -0.4 is 5.73 Å². The van der Waals surface area contributed by atoms with E-state index >= 15 is 0 Å². The van der Waals surface area contributed by atoms with Crippen molar-refractivity contribution >= 4 is 23.1 Å². The number of benzene rings is 1. The van der Waals surface area contributed by atoms with E-state index in [4.69, 9.17) is 18.0 Å². The molecule has 0 atom stereocenters. The number of rotatable bonds is 7. The number of hydrogen-bond acceptors (Lipinski definition) is 2. The summed E-state index contributed by atoms with van der Waals surface area (Å²) in [5, 5.41) is 0. The van der Waals surface area contributed by atoms with Crippen LogP contribution >= 0.6 is 12.2 Å². The molecule has 0 aliphatic rings. The normalized spacial score (nSPS) is 10.6. The van der Waals surface area contributed by atoms with Gasteiger partial charge in [-0.25, -0.2) is 4.39 Å². The lowest BCUT2D eigenvalue weighted by Gasteiger charge is -2.24. The van der Waals surface area contributed by atoms with E-state index in [-0.39, 0.29) is 17.6 Å². The van der Waals surface area contributed by atoms with E-state index in [0.717, 1.165) is 5.56 Å². The predicted octanol–water partition coefficient (Wildman–Crippen LogP) is 2.53. The van der Waals surface area contributed by atoms with Crippen LogP contribution in [-0.4, -0.2) is 28.9 Å². The Balaban J connectivity index is 2.61. The Labute approximate surface area is 125 Å². The van der Waals surface area contributed by atoms with Crippen LogP contribution in [0, 0.1) is 11.7 Å². The average Bonchev–Trinajstić information content (AvgIpc) is 2.39. The number of halogens is 1. The molecule has 0 fully saturated rings. The lowest BCUT2D eigenvalue weighted by atomic mass is 10.1. The molecule has 2 N–H and O–H groups in total. The maximum atomic E-state index is 12.8. The van der Waals surface area contributed by atoms with E-state index in [9.17, 15) is 9.18 Å². The van der Waals surface area contributed by atoms with Gasteiger partial charge in [0.1, 0.15) is 5.82 Å². The Hall–Kier alpha value is -1.49. The van der Waals surface area contributed by atoms with Gasteiger partial charge in [-0.05, 0) is 24.1 Å². The number of carbonyl (C=O) groups excluding carboxylic acids is 1. The number of thiocarbonyl (C=S) groups is 1. The van der Waals surface area contributed by atoms with Gasteiger partial charge in [-0.2, -0.15) is 0 Å². The first-order valence-electron chi connectivity index (χ1n) is 6.71. The fourth-order valence-corrected chi connectivity index (χ4v) is 1.95. The Bertz CT molecular complexity index is 459. The summed E-state index contributed by atoms with van der Waals surface area (Å²) in [6, 6.07) is 6.33. The molecule has 20 heavy (non-hydrogen) atoms. The highest BCUT2D eigenvalue weighted by Crippen LogP contribution is 2.08. The van der Waals surface area contributed by atoms with Crippen LogP contribution in [0.3, 0.4) is 0 Å². The maximum Gasteiger partial charge on any atom is 0.225 e. The smallest absolute Gasteiger partial charge is 0.225 e. The van der Waals surface area contributed by atoms with Gasteiger partial charge in [-0.3, -0.25) is 4.79 Å². The Morgan fingerprint density at radius 2 is 1.90 bits per heavy atom. The Morgan fingerprint density at radius 3 is 2.40 bits per heavy atom. The van der Waals surface area contributed by atoms with Gasteiger partial charge >= 0.3 is 0 Å². The first kappa shape index (κ1) is 16.6. The van der Waals surface area contributed by atoms with Crippen LogP contribution in [0.2, 0.25) is 0 Å². The molecule has 0 radical (unpaired) electrons. The van der Waals surface area contributed by atoms with Gasteiger partial charge in [-0.15, -0.1) is 0 Å². The van der Waals surface area contributed by atoms with E-state index in [1.54, 1.807) is 17.0 Å². The molecule has 0 saturated heterocycles. The van der Waals surface area contributed by atoms with E-state index < -0.39 is 0 Å². The minimum absolute atomic E-state index is 0.0606. The lowest BCUT2D eigenvalue weighted by Crippen LogP contribution is -2.38. The summed E-state index contributed by atoms with van der Waals surface area (Å²) in [7, 11) is 0. The van der Waals surface area contributed by atoms with Crippen LogP contribution in [0.15, 0.2) is 24.3 Å². The second-order valence-corrected chi connectivity index (χ2v) is 5.60. The second-order valence-electron chi connectivity index (χ2n) is 5.07. The standard InChI is InChI=1S/C15H21FN2OS/c1-11(2)15(19)18(10-8-14(17)20)9-7-12-3-5-13(16)6-4-12/h3-6,11H,7-10H2,1-2H3,(H2,17,20). The summed E-state index contributed by atoms with van der Waals surface area (Å²) in [5.41, 5.74) is 6.50. The van der Waals surface area contributed by atoms with Crippen molar-refractivity contribution in [1.82, 2.24) is 4.90 Å². The average molecular weight is 296 g/mol. The van der Waals surface area contributed by atoms with Crippen LogP contribution in [0.4, 0.5) is 4.39 Å². The van der Waals surface area contributed by atoms with Crippen molar-refractivity contribution in [3.8, 4) is 0 Å². The summed E-state index contributed by atoms with van der Waals surface area (Å²) in [4.78, 5) is 14.3. The second kappa shape index (κ2) is 7.94. The number of hydrogen-bond donors (Lipinski definition) is 1. The molecular formula is C15H21FN2OS. The Kier molecular flexibility index (Phi) is 6.58. The summed E-state index contributed by atoms with van der Waals surface area (Å²) in [5.74, 6) is -0.227. The molecule has 0 aliphatic carbocycles. The molecule has 1 aromatic carbocycles. The summed E-state index contributed by atoms with van der Waals surface area (Å²) >= 11 is 4.86. The van der Waals surface area contributed by atoms with Gasteiger partial charge in [0.2, 0.25) is 5.91 Å². The van der Waals surface area contributed by atoms with Crippen molar-refractivity contribution in [3.63, 3.8) is 0 Å². The molecule has 0 bridgehead atoms. The molecule has 0 aromatic heterocycles. The quantitative estimate of drug-likeness (QED) is 0.787. The first-order valence-corrected chi connectivity index (χ1v) is 7.12. The van der Waals surface area contributed by atoms with Crippen molar-refractivity contribution in [2.24, 2.45) is 11.7 Å². The topological polar surface area (TPSA) is 46.3 Å². The molecule has 0 heterocycles. The monoisotopic (exact) mass is 296 g/mol. The molecule has 1 aromatic rings. The van der Waals surface area contributed by atoms with Crippen LogP contribution in [-0.2, 0) is 11.2 Å². The van der Waals surface area contributed by atoms with Crippen molar-refractivity contribution in [1.29, 1.82) is 0 Å². The van der Waals surface area contributed by atoms with Gasteiger partial charge in [0, 0.05) is 25.4 Å². The van der Waals surface area contributed by atoms with Crippen molar-refractivity contribution in [3.05, 3.63) is 35.6 Å². The third-order valence-corrected chi connectivity index (χ3v) is 3.22. The van der Waals surface area contributed by atoms with Crippen LogP contribution in [0.25, 0.3) is 0 Å². The van der Waals surface area contributed by atoms with Gasteiger partial charge in [0.15, 0.2) is 0 Å². The summed E-state index contributed by atoms with van der Waals surface area (Å²) < 4.78 is 12.8. The summed E-state index contributed by atoms with van der Waals surface area (Å²) in [6.07, 6.45) is 1.22. The molecule has 0 aliphatic heterocycles. The fourth-order valence-electron chi connectivity index (χ4n) is 1.86. The van der Waals surface area contributed by atoms with Gasteiger partial charge in [-0.1, -0.05) is 38.2 Å². The minimum atomic E-state index is -0.252. The molecule has 5 heteroatoms. The van der Waals surface area contributed by atoms with E-state index in [0.29, 0.717) is 30.9 Å². The predicted molar refractivity (Wildman–Crippen MR) is 82.9 cm³/mol. The highest BCUT2D eigenvalue weighted by molar-refractivity contribution is 7.80. The van der Waals surface area contributed by atoms with E-state index in [2.05, 4.69) is 0 Å². The number of carbonyl (C=O) groups is 1. The molecule has 110 valence electrons. The molecule has 1 amide bonds. The van der Waals surface area contributed by atoms with Crippen molar-refractivity contribution < 1.29 is 9.18 Å². The zero-order chi connectivity index (χ0) is 15.1. The van der Waals surface area contributed by atoms with Gasteiger partial charge in [0.05, 0.1) is 4.99 Å². The summed E-state index contributed by atoms with van der Waals surface area (Å²) in [6.45, 7) is 4.86. The van der Waals surface area contributed by atoms with E-state index in [1.165, 1.54) is 12.1 Å². The number of nitrogens with zero attached hydrogens (tertiary/aromatic N) is 1. The lowest BCUT2D eigenvalue weighted by molar-refractivity contribution is -0.134. The molecule has 0 spiro atoms. The molecule has 1 rings (SSSR count). The Morgan fingerprint density at radius 1 is 1.30 bits per heavy atom. The molecular weight excluding hydrogens is 275 g/mol. The first-order chi connectivity index (χ1) is 9.40. The third kappa shape index (κ3) is 5.65. The maximum absolute atomic E-state index is 12.8. The number of nitrogens with two attached hydrogens (primary N) is 1. The molecule has 0 saturated carbocycles. The largest absolute Gasteiger partial charge is 0.393 e. The SMILES string of the molecule is CC(C)C(=O)N(CCC(N)=S)CCc1ccc(F)cc1. The van der Waals surface area contributed by atoms with Crippen LogP contribution in [0.5, 0.6) is 0 Å². The van der Waals surface area contributed by atoms with E-state index in [1.807, 2.05) is 13.8 Å². The minimum Gasteiger partial charge on any atom is -0.393 e.